The molecule has 0 radical (unpaired) electrons. The molecule has 0 saturated carbocycles. The van der Waals surface area contributed by atoms with Crippen molar-refractivity contribution in [1.82, 2.24) is 10.3 Å². The molecule has 4 nitrogen and oxygen atoms in total. The first-order valence-corrected chi connectivity index (χ1v) is 5.10. The van der Waals surface area contributed by atoms with E-state index >= 15 is 0 Å². The van der Waals surface area contributed by atoms with E-state index in [1.807, 2.05) is 0 Å². The lowest BCUT2D eigenvalue weighted by Gasteiger charge is -2.29. The van der Waals surface area contributed by atoms with Gasteiger partial charge in [0.2, 0.25) is 0 Å². The average molecular weight is 257 g/mol. The third-order valence-corrected chi connectivity index (χ3v) is 2.98. The second-order valence-electron chi connectivity index (χ2n) is 3.16. The SMILES string of the molecule is O=C(O)c1ccnc(Br)c1[C@@H]1CCN1. The van der Waals surface area contributed by atoms with Crippen molar-refractivity contribution in [3.05, 3.63) is 28.0 Å². The number of rotatable bonds is 2. The number of nitrogens with one attached hydrogen (secondary N) is 1. The van der Waals surface area contributed by atoms with Crippen LogP contribution in [-0.4, -0.2) is 22.6 Å². The van der Waals surface area contributed by atoms with Crippen LogP contribution in [0, 0.1) is 0 Å². The van der Waals surface area contributed by atoms with Crippen molar-refractivity contribution >= 4 is 21.9 Å². The third kappa shape index (κ3) is 1.53. The van der Waals surface area contributed by atoms with Crippen molar-refractivity contribution in [2.24, 2.45) is 0 Å². The number of hydrogen-bond acceptors (Lipinski definition) is 3. The van der Waals surface area contributed by atoms with Crippen molar-refractivity contribution in [3.63, 3.8) is 0 Å². The van der Waals surface area contributed by atoms with E-state index < -0.39 is 5.97 Å². The van der Waals surface area contributed by atoms with E-state index in [9.17, 15) is 4.79 Å². The Kier molecular flexibility index (Phi) is 2.52. The Morgan fingerprint density at radius 1 is 1.71 bits per heavy atom. The summed E-state index contributed by atoms with van der Waals surface area (Å²) in [4.78, 5) is 15.0. The van der Waals surface area contributed by atoms with E-state index in [1.54, 1.807) is 0 Å². The molecule has 0 bridgehead atoms. The number of carboxylic acid groups (broad SMARTS) is 1. The maximum atomic E-state index is 10.9. The lowest BCUT2D eigenvalue weighted by molar-refractivity contribution is 0.0693. The van der Waals surface area contributed by atoms with Gasteiger partial charge in [-0.15, -0.1) is 0 Å². The maximum absolute atomic E-state index is 10.9. The van der Waals surface area contributed by atoms with Gasteiger partial charge in [0, 0.05) is 17.8 Å². The van der Waals surface area contributed by atoms with Gasteiger partial charge in [0.1, 0.15) is 4.60 Å². The fourth-order valence-corrected chi connectivity index (χ4v) is 2.11. The van der Waals surface area contributed by atoms with Crippen molar-refractivity contribution < 1.29 is 9.90 Å². The van der Waals surface area contributed by atoms with Crippen molar-refractivity contribution in [2.45, 2.75) is 12.5 Å². The zero-order chi connectivity index (χ0) is 10.1. The highest BCUT2D eigenvalue weighted by atomic mass is 79.9. The molecule has 1 saturated heterocycles. The van der Waals surface area contributed by atoms with Crippen molar-refractivity contribution in [3.8, 4) is 0 Å². The predicted molar refractivity (Wildman–Crippen MR) is 54.3 cm³/mol. The van der Waals surface area contributed by atoms with Crippen LogP contribution in [0.25, 0.3) is 0 Å². The molecule has 2 heterocycles. The second kappa shape index (κ2) is 3.67. The molecule has 0 amide bonds. The topological polar surface area (TPSA) is 62.2 Å². The summed E-state index contributed by atoms with van der Waals surface area (Å²) >= 11 is 3.28. The Bertz CT molecular complexity index is 377. The summed E-state index contributed by atoms with van der Waals surface area (Å²) in [6.07, 6.45) is 2.46. The molecule has 1 aromatic rings. The first-order valence-electron chi connectivity index (χ1n) is 4.31. The molecule has 0 aliphatic carbocycles. The van der Waals surface area contributed by atoms with E-state index in [1.165, 1.54) is 12.3 Å². The Morgan fingerprint density at radius 3 is 2.93 bits per heavy atom. The molecule has 2 rings (SSSR count). The van der Waals surface area contributed by atoms with Gasteiger partial charge < -0.3 is 10.4 Å². The minimum atomic E-state index is -0.906. The predicted octanol–water partition coefficient (Wildman–Crippen LogP) is 1.58. The minimum Gasteiger partial charge on any atom is -0.478 e. The zero-order valence-corrected chi connectivity index (χ0v) is 8.91. The Morgan fingerprint density at radius 2 is 2.43 bits per heavy atom. The Labute approximate surface area is 89.5 Å². The van der Waals surface area contributed by atoms with E-state index in [0.29, 0.717) is 10.2 Å². The quantitative estimate of drug-likeness (QED) is 0.789. The normalized spacial score (nSPS) is 20.2. The molecule has 1 fully saturated rings. The summed E-state index contributed by atoms with van der Waals surface area (Å²) < 4.78 is 0.620. The van der Waals surface area contributed by atoms with Crippen LogP contribution in [0.4, 0.5) is 0 Å². The van der Waals surface area contributed by atoms with Crippen LogP contribution in [0.2, 0.25) is 0 Å². The molecule has 1 aromatic heterocycles. The number of carboxylic acids is 1. The van der Waals surface area contributed by atoms with Gasteiger partial charge in [0.25, 0.3) is 0 Å². The van der Waals surface area contributed by atoms with E-state index in [4.69, 9.17) is 5.11 Å². The van der Waals surface area contributed by atoms with Crippen LogP contribution in [0.5, 0.6) is 0 Å². The molecule has 0 spiro atoms. The number of pyridine rings is 1. The number of aromatic nitrogens is 1. The average Bonchev–Trinajstić information content (AvgIpc) is 2.04. The molecule has 1 atom stereocenters. The summed E-state index contributed by atoms with van der Waals surface area (Å²) in [5.74, 6) is -0.906. The van der Waals surface area contributed by atoms with E-state index in [-0.39, 0.29) is 6.04 Å². The van der Waals surface area contributed by atoms with Crippen LogP contribution < -0.4 is 5.32 Å². The van der Waals surface area contributed by atoms with E-state index in [0.717, 1.165) is 18.5 Å². The van der Waals surface area contributed by atoms with Crippen molar-refractivity contribution in [2.75, 3.05) is 6.54 Å². The van der Waals surface area contributed by atoms with Gasteiger partial charge >= 0.3 is 5.97 Å². The second-order valence-corrected chi connectivity index (χ2v) is 3.91. The smallest absolute Gasteiger partial charge is 0.336 e. The van der Waals surface area contributed by atoms with E-state index in [2.05, 4.69) is 26.2 Å². The fraction of sp³-hybridized carbons (Fsp3) is 0.333. The highest BCUT2D eigenvalue weighted by molar-refractivity contribution is 9.10. The van der Waals surface area contributed by atoms with Gasteiger partial charge in [-0.3, -0.25) is 0 Å². The number of aromatic carboxylic acids is 1. The first-order chi connectivity index (χ1) is 6.70. The summed E-state index contributed by atoms with van der Waals surface area (Å²) in [5.41, 5.74) is 1.08. The maximum Gasteiger partial charge on any atom is 0.336 e. The fourth-order valence-electron chi connectivity index (χ4n) is 1.50. The van der Waals surface area contributed by atoms with Crippen LogP contribution in [0.1, 0.15) is 28.4 Å². The number of halogens is 1. The number of carbonyl (C=O) groups is 1. The highest BCUT2D eigenvalue weighted by Crippen LogP contribution is 2.30. The molecular weight excluding hydrogens is 248 g/mol. The van der Waals surface area contributed by atoms with Gasteiger partial charge in [-0.25, -0.2) is 9.78 Å². The Balaban J connectivity index is 2.47. The van der Waals surface area contributed by atoms with Crippen LogP contribution in [-0.2, 0) is 0 Å². The molecule has 0 aromatic carbocycles. The van der Waals surface area contributed by atoms with Gasteiger partial charge in [-0.1, -0.05) is 0 Å². The molecule has 1 aliphatic heterocycles. The highest BCUT2D eigenvalue weighted by Gasteiger charge is 2.26. The van der Waals surface area contributed by atoms with Gasteiger partial charge in [0.05, 0.1) is 5.56 Å². The lowest BCUT2D eigenvalue weighted by atomic mass is 9.95. The van der Waals surface area contributed by atoms with Crippen molar-refractivity contribution in [1.29, 1.82) is 0 Å². The van der Waals surface area contributed by atoms with Crippen LogP contribution in [0.15, 0.2) is 16.9 Å². The molecular formula is C9H9BrN2O2. The van der Waals surface area contributed by atoms with Crippen LogP contribution >= 0.6 is 15.9 Å². The van der Waals surface area contributed by atoms with Gasteiger partial charge in [0.15, 0.2) is 0 Å². The first kappa shape index (κ1) is 9.61. The van der Waals surface area contributed by atoms with Crippen LogP contribution in [0.3, 0.4) is 0 Å². The summed E-state index contributed by atoms with van der Waals surface area (Å²) in [6.45, 7) is 0.936. The Hall–Kier alpha value is -0.940. The molecule has 74 valence electrons. The molecule has 5 heteroatoms. The lowest BCUT2D eigenvalue weighted by Crippen LogP contribution is -2.36. The molecule has 1 aliphatic rings. The summed E-state index contributed by atoms with van der Waals surface area (Å²) in [6, 6.07) is 1.66. The molecule has 2 N–H and O–H groups in total. The van der Waals surface area contributed by atoms with Gasteiger partial charge in [-0.05, 0) is 35.0 Å². The molecule has 0 unspecified atom stereocenters. The summed E-state index contributed by atoms with van der Waals surface area (Å²) in [5, 5.41) is 12.1. The standard InChI is InChI=1S/C9H9BrN2O2/c10-8-7(6-2-4-11-6)5(9(13)14)1-3-12-8/h1,3,6,11H,2,4H2,(H,13,14)/t6-/m0/s1. The van der Waals surface area contributed by atoms with Gasteiger partial charge in [-0.2, -0.15) is 0 Å². The summed E-state index contributed by atoms with van der Waals surface area (Å²) in [7, 11) is 0. The molecule has 14 heavy (non-hydrogen) atoms. The zero-order valence-electron chi connectivity index (χ0n) is 7.33. The largest absolute Gasteiger partial charge is 0.478 e. The number of nitrogens with zero attached hydrogens (tertiary/aromatic N) is 1. The third-order valence-electron chi connectivity index (χ3n) is 2.34. The minimum absolute atomic E-state index is 0.129. The number of hydrogen-bond donors (Lipinski definition) is 2. The monoisotopic (exact) mass is 256 g/mol.